The largest absolute Gasteiger partial charge is 0.481 e. The maximum Gasteiger partial charge on any atom is 0.303 e. The zero-order chi connectivity index (χ0) is 10.9. The van der Waals surface area contributed by atoms with Crippen LogP contribution in [0.3, 0.4) is 0 Å². The summed E-state index contributed by atoms with van der Waals surface area (Å²) in [6, 6.07) is 0. The van der Waals surface area contributed by atoms with E-state index in [1.807, 2.05) is 6.92 Å². The lowest BCUT2D eigenvalue weighted by Gasteiger charge is -2.17. The summed E-state index contributed by atoms with van der Waals surface area (Å²) < 4.78 is 0. The normalized spacial score (nSPS) is 30.2. The minimum Gasteiger partial charge on any atom is -0.481 e. The number of hydrogen-bond acceptors (Lipinski definition) is 1. The Morgan fingerprint density at radius 1 is 1.50 bits per heavy atom. The van der Waals surface area contributed by atoms with Crippen molar-refractivity contribution in [3.8, 4) is 0 Å². The van der Waals surface area contributed by atoms with Crippen LogP contribution < -0.4 is 0 Å². The molecule has 2 atom stereocenters. The van der Waals surface area contributed by atoms with Gasteiger partial charge < -0.3 is 5.11 Å². The highest BCUT2D eigenvalue weighted by Crippen LogP contribution is 2.48. The van der Waals surface area contributed by atoms with E-state index < -0.39 is 5.97 Å². The first-order valence-electron chi connectivity index (χ1n) is 5.19. The van der Waals surface area contributed by atoms with E-state index in [1.54, 1.807) is 0 Å². The predicted molar refractivity (Wildman–Crippen MR) is 57.1 cm³/mol. The first-order chi connectivity index (χ1) is 6.32. The van der Waals surface area contributed by atoms with Crippen molar-refractivity contribution in [1.82, 2.24) is 0 Å². The van der Waals surface area contributed by atoms with Crippen molar-refractivity contribution in [2.45, 2.75) is 40.0 Å². The summed E-state index contributed by atoms with van der Waals surface area (Å²) in [4.78, 5) is 10.7. The van der Waals surface area contributed by atoms with Crippen LogP contribution in [-0.2, 0) is 4.79 Å². The molecule has 0 aliphatic heterocycles. The molecule has 0 bridgehead atoms. The molecule has 0 aromatic rings. The van der Waals surface area contributed by atoms with E-state index in [0.717, 1.165) is 18.4 Å². The smallest absolute Gasteiger partial charge is 0.303 e. The van der Waals surface area contributed by atoms with Crippen LogP contribution in [0, 0.1) is 17.3 Å². The molecule has 2 nitrogen and oxygen atoms in total. The molecule has 0 aromatic carbocycles. The molecule has 0 heterocycles. The van der Waals surface area contributed by atoms with Crippen molar-refractivity contribution in [2.24, 2.45) is 17.3 Å². The van der Waals surface area contributed by atoms with E-state index in [9.17, 15) is 4.79 Å². The SMILES string of the molecule is C=C(C)C1CC(C)(C)CC1CC(=O)O. The number of rotatable bonds is 3. The molecule has 80 valence electrons. The molecule has 0 amide bonds. The average Bonchev–Trinajstić information content (AvgIpc) is 2.24. The Morgan fingerprint density at radius 2 is 2.07 bits per heavy atom. The molecule has 0 spiro atoms. The molecule has 1 N–H and O–H groups in total. The van der Waals surface area contributed by atoms with Crippen LogP contribution in [0.15, 0.2) is 12.2 Å². The van der Waals surface area contributed by atoms with Crippen molar-refractivity contribution in [1.29, 1.82) is 0 Å². The fraction of sp³-hybridized carbons (Fsp3) is 0.750. The fourth-order valence-electron chi connectivity index (χ4n) is 2.71. The molecule has 1 rings (SSSR count). The average molecular weight is 196 g/mol. The van der Waals surface area contributed by atoms with Crippen LogP contribution in [0.25, 0.3) is 0 Å². The first-order valence-corrected chi connectivity index (χ1v) is 5.19. The third-order valence-corrected chi connectivity index (χ3v) is 3.23. The maximum atomic E-state index is 10.7. The van der Waals surface area contributed by atoms with Gasteiger partial charge in [-0.05, 0) is 37.0 Å². The number of carboxylic acid groups (broad SMARTS) is 1. The van der Waals surface area contributed by atoms with Crippen LogP contribution >= 0.6 is 0 Å². The first kappa shape index (κ1) is 11.3. The molecular weight excluding hydrogens is 176 g/mol. The van der Waals surface area contributed by atoms with E-state index in [1.165, 1.54) is 0 Å². The molecule has 1 fully saturated rings. The Balaban J connectivity index is 2.72. The highest BCUT2D eigenvalue weighted by Gasteiger charge is 2.40. The lowest BCUT2D eigenvalue weighted by atomic mass is 9.88. The van der Waals surface area contributed by atoms with Gasteiger partial charge in [0.25, 0.3) is 0 Å². The van der Waals surface area contributed by atoms with Crippen molar-refractivity contribution in [3.63, 3.8) is 0 Å². The molecule has 0 saturated heterocycles. The minimum absolute atomic E-state index is 0.281. The topological polar surface area (TPSA) is 37.3 Å². The zero-order valence-electron chi connectivity index (χ0n) is 9.34. The van der Waals surface area contributed by atoms with Gasteiger partial charge in [-0.2, -0.15) is 0 Å². The molecule has 2 heteroatoms. The Morgan fingerprint density at radius 3 is 2.50 bits per heavy atom. The van der Waals surface area contributed by atoms with Gasteiger partial charge >= 0.3 is 5.97 Å². The second kappa shape index (κ2) is 3.76. The quantitative estimate of drug-likeness (QED) is 0.704. The van der Waals surface area contributed by atoms with Gasteiger partial charge in [-0.25, -0.2) is 0 Å². The van der Waals surface area contributed by atoms with E-state index in [-0.39, 0.29) is 5.41 Å². The van der Waals surface area contributed by atoms with Crippen LogP contribution in [-0.4, -0.2) is 11.1 Å². The predicted octanol–water partition coefficient (Wildman–Crippen LogP) is 3.09. The highest BCUT2D eigenvalue weighted by molar-refractivity contribution is 5.67. The zero-order valence-corrected chi connectivity index (χ0v) is 9.34. The standard InChI is InChI=1S/C12H20O2/c1-8(2)10-7-12(3,4)6-9(10)5-11(13)14/h9-10H,1,5-7H2,2-4H3,(H,13,14). The number of hydrogen-bond donors (Lipinski definition) is 1. The molecule has 2 unspecified atom stereocenters. The summed E-state index contributed by atoms with van der Waals surface area (Å²) in [5, 5.41) is 8.81. The van der Waals surface area contributed by atoms with Crippen LogP contribution in [0.1, 0.15) is 40.0 Å². The molecular formula is C12H20O2. The molecule has 0 radical (unpaired) electrons. The fourth-order valence-corrected chi connectivity index (χ4v) is 2.71. The van der Waals surface area contributed by atoms with Crippen LogP contribution in [0.2, 0.25) is 0 Å². The van der Waals surface area contributed by atoms with Gasteiger partial charge in [-0.3, -0.25) is 4.79 Å². The van der Waals surface area contributed by atoms with Gasteiger partial charge in [0.1, 0.15) is 0 Å². The monoisotopic (exact) mass is 196 g/mol. The van der Waals surface area contributed by atoms with Crippen LogP contribution in [0.5, 0.6) is 0 Å². The highest BCUT2D eigenvalue weighted by atomic mass is 16.4. The van der Waals surface area contributed by atoms with Gasteiger partial charge in [0.05, 0.1) is 0 Å². The Kier molecular flexibility index (Phi) is 3.03. The molecule has 0 aromatic heterocycles. The Labute approximate surface area is 86.0 Å². The van der Waals surface area contributed by atoms with E-state index in [0.29, 0.717) is 18.3 Å². The van der Waals surface area contributed by atoms with Crippen molar-refractivity contribution < 1.29 is 9.90 Å². The Bertz CT molecular complexity index is 253. The molecule has 1 aliphatic rings. The number of aliphatic carboxylic acids is 1. The van der Waals surface area contributed by atoms with Gasteiger partial charge in [-0.1, -0.05) is 26.0 Å². The summed E-state index contributed by atoms with van der Waals surface area (Å²) in [5.41, 5.74) is 1.42. The van der Waals surface area contributed by atoms with E-state index in [2.05, 4.69) is 20.4 Å². The summed E-state index contributed by atoms with van der Waals surface area (Å²) in [6.07, 6.45) is 2.39. The number of carboxylic acids is 1. The van der Waals surface area contributed by atoms with Gasteiger partial charge in [0.15, 0.2) is 0 Å². The minimum atomic E-state index is -0.682. The molecule has 1 saturated carbocycles. The summed E-state index contributed by atoms with van der Waals surface area (Å²) in [7, 11) is 0. The van der Waals surface area contributed by atoms with Gasteiger partial charge in [0.2, 0.25) is 0 Å². The molecule has 14 heavy (non-hydrogen) atoms. The number of allylic oxidation sites excluding steroid dienone is 1. The summed E-state index contributed by atoms with van der Waals surface area (Å²) in [5.74, 6) is 0.0139. The molecule has 1 aliphatic carbocycles. The van der Waals surface area contributed by atoms with Crippen molar-refractivity contribution in [3.05, 3.63) is 12.2 Å². The summed E-state index contributed by atoms with van der Waals surface area (Å²) >= 11 is 0. The second-order valence-electron chi connectivity index (χ2n) is 5.38. The van der Waals surface area contributed by atoms with E-state index in [4.69, 9.17) is 5.11 Å². The Hall–Kier alpha value is -0.790. The maximum absolute atomic E-state index is 10.7. The van der Waals surface area contributed by atoms with Gasteiger partial charge in [-0.15, -0.1) is 0 Å². The lowest BCUT2D eigenvalue weighted by Crippen LogP contribution is -2.13. The summed E-state index contributed by atoms with van der Waals surface area (Å²) in [6.45, 7) is 10.4. The third-order valence-electron chi connectivity index (χ3n) is 3.23. The van der Waals surface area contributed by atoms with Crippen molar-refractivity contribution >= 4 is 5.97 Å². The van der Waals surface area contributed by atoms with Crippen molar-refractivity contribution in [2.75, 3.05) is 0 Å². The third kappa shape index (κ3) is 2.60. The lowest BCUT2D eigenvalue weighted by molar-refractivity contribution is -0.138. The van der Waals surface area contributed by atoms with Gasteiger partial charge in [0, 0.05) is 6.42 Å². The van der Waals surface area contributed by atoms with Crippen LogP contribution in [0.4, 0.5) is 0 Å². The second-order valence-corrected chi connectivity index (χ2v) is 5.38. The number of carbonyl (C=O) groups is 1. The van der Waals surface area contributed by atoms with E-state index >= 15 is 0 Å².